The molecule has 0 aromatic heterocycles. The molecular formula is C13H26OSi. The van der Waals surface area contributed by atoms with Crippen molar-refractivity contribution in [3.05, 3.63) is 0 Å². The Kier molecular flexibility index (Phi) is 5.62. The minimum atomic E-state index is -1.32. The Morgan fingerprint density at radius 2 is 1.80 bits per heavy atom. The van der Waals surface area contributed by atoms with Gasteiger partial charge in [0.15, 0.2) is 0 Å². The molecule has 1 nitrogen and oxygen atoms in total. The van der Waals surface area contributed by atoms with Crippen molar-refractivity contribution in [3.63, 3.8) is 0 Å². The lowest BCUT2D eigenvalue weighted by molar-refractivity contribution is 0.0775. The number of aliphatic hydroxyl groups is 1. The van der Waals surface area contributed by atoms with E-state index in [1.165, 1.54) is 0 Å². The van der Waals surface area contributed by atoms with Gasteiger partial charge < -0.3 is 5.11 Å². The fraction of sp³-hybridized carbons (Fsp3) is 0.846. The molecule has 0 amide bonds. The monoisotopic (exact) mass is 226 g/mol. The molecule has 0 aliphatic heterocycles. The van der Waals surface area contributed by atoms with Crippen molar-refractivity contribution < 1.29 is 5.11 Å². The molecule has 0 rings (SSSR count). The van der Waals surface area contributed by atoms with Gasteiger partial charge in [0.05, 0.1) is 11.5 Å². The molecule has 88 valence electrons. The first-order chi connectivity index (χ1) is 6.69. The first-order valence-corrected chi connectivity index (χ1v) is 9.41. The summed E-state index contributed by atoms with van der Waals surface area (Å²) < 4.78 is 0. The van der Waals surface area contributed by atoms with Crippen LogP contribution < -0.4 is 0 Å². The first kappa shape index (κ1) is 14.7. The normalized spacial score (nSPS) is 14.3. The van der Waals surface area contributed by atoms with Gasteiger partial charge in [0.2, 0.25) is 0 Å². The third-order valence-corrected chi connectivity index (χ3v) is 3.30. The van der Waals surface area contributed by atoms with Crippen molar-refractivity contribution in [2.75, 3.05) is 0 Å². The molecule has 0 heterocycles. The van der Waals surface area contributed by atoms with Crippen LogP contribution in [0.15, 0.2) is 0 Å². The second-order valence-electron chi connectivity index (χ2n) is 5.88. The van der Waals surface area contributed by atoms with E-state index in [0.29, 0.717) is 0 Å². The Morgan fingerprint density at radius 1 is 1.27 bits per heavy atom. The van der Waals surface area contributed by atoms with Gasteiger partial charge in [-0.1, -0.05) is 39.4 Å². The van der Waals surface area contributed by atoms with Crippen LogP contribution in [0.5, 0.6) is 0 Å². The van der Waals surface area contributed by atoms with Crippen molar-refractivity contribution in [2.24, 2.45) is 5.41 Å². The maximum absolute atomic E-state index is 10.0. The fourth-order valence-corrected chi connectivity index (χ4v) is 1.89. The Hall–Kier alpha value is -0.263. The van der Waals surface area contributed by atoms with Gasteiger partial charge in [0.25, 0.3) is 0 Å². The minimum Gasteiger partial charge on any atom is -0.392 e. The summed E-state index contributed by atoms with van der Waals surface area (Å²) in [5, 5.41) is 10.0. The van der Waals surface area contributed by atoms with Gasteiger partial charge in [0, 0.05) is 0 Å². The molecule has 1 atom stereocenters. The van der Waals surface area contributed by atoms with E-state index in [1.807, 2.05) is 13.8 Å². The summed E-state index contributed by atoms with van der Waals surface area (Å²) in [6, 6.07) is 0. The summed E-state index contributed by atoms with van der Waals surface area (Å²) >= 11 is 0. The number of hydrogen-bond acceptors (Lipinski definition) is 1. The van der Waals surface area contributed by atoms with E-state index in [9.17, 15) is 5.11 Å². The van der Waals surface area contributed by atoms with E-state index in [0.717, 1.165) is 19.3 Å². The van der Waals surface area contributed by atoms with E-state index in [4.69, 9.17) is 0 Å². The third-order valence-electron chi connectivity index (χ3n) is 2.42. The summed E-state index contributed by atoms with van der Waals surface area (Å²) in [6.45, 7) is 12.9. The number of unbranched alkanes of at least 4 members (excludes halogenated alkanes) is 1. The molecular weight excluding hydrogens is 200 g/mol. The molecule has 0 fully saturated rings. The second kappa shape index (κ2) is 5.72. The van der Waals surface area contributed by atoms with E-state index in [1.54, 1.807) is 0 Å². The largest absolute Gasteiger partial charge is 0.392 e. The van der Waals surface area contributed by atoms with Crippen LogP contribution in [0.4, 0.5) is 0 Å². The van der Waals surface area contributed by atoms with Crippen LogP contribution in [0.2, 0.25) is 19.6 Å². The van der Waals surface area contributed by atoms with Crippen LogP contribution in [0.25, 0.3) is 0 Å². The highest BCUT2D eigenvalue weighted by Crippen LogP contribution is 2.23. The van der Waals surface area contributed by atoms with Gasteiger partial charge in [-0.15, -0.1) is 11.5 Å². The third kappa shape index (κ3) is 6.76. The van der Waals surface area contributed by atoms with E-state index >= 15 is 0 Å². The van der Waals surface area contributed by atoms with Crippen LogP contribution in [-0.2, 0) is 0 Å². The molecule has 1 unspecified atom stereocenters. The maximum atomic E-state index is 10.0. The van der Waals surface area contributed by atoms with Crippen LogP contribution in [0, 0.1) is 16.9 Å². The predicted octanol–water partition coefficient (Wildman–Crippen LogP) is 3.44. The van der Waals surface area contributed by atoms with E-state index < -0.39 is 8.07 Å². The average molecular weight is 226 g/mol. The number of rotatable bonds is 4. The van der Waals surface area contributed by atoms with Gasteiger partial charge in [0.1, 0.15) is 8.07 Å². The summed E-state index contributed by atoms with van der Waals surface area (Å²) in [5.74, 6) is 3.27. The zero-order valence-electron chi connectivity index (χ0n) is 11.1. The summed E-state index contributed by atoms with van der Waals surface area (Å²) in [6.07, 6.45) is 2.79. The van der Waals surface area contributed by atoms with Crippen molar-refractivity contribution >= 4 is 8.07 Å². The SMILES string of the molecule is CCCCC(O)C(C)(C)C#C[Si](C)(C)C. The van der Waals surface area contributed by atoms with Crippen molar-refractivity contribution in [1.82, 2.24) is 0 Å². The number of aliphatic hydroxyl groups excluding tert-OH is 1. The highest BCUT2D eigenvalue weighted by Gasteiger charge is 2.25. The molecule has 0 aliphatic rings. The molecule has 0 aromatic carbocycles. The lowest BCUT2D eigenvalue weighted by Gasteiger charge is -2.25. The van der Waals surface area contributed by atoms with Crippen LogP contribution in [-0.4, -0.2) is 19.3 Å². The van der Waals surface area contributed by atoms with Gasteiger partial charge in [-0.05, 0) is 20.3 Å². The van der Waals surface area contributed by atoms with Crippen LogP contribution in [0.1, 0.15) is 40.0 Å². The molecule has 0 radical (unpaired) electrons. The summed E-state index contributed by atoms with van der Waals surface area (Å²) in [4.78, 5) is 0. The van der Waals surface area contributed by atoms with E-state index in [-0.39, 0.29) is 11.5 Å². The molecule has 1 N–H and O–H groups in total. The predicted molar refractivity (Wildman–Crippen MR) is 70.4 cm³/mol. The zero-order valence-corrected chi connectivity index (χ0v) is 12.1. The number of hydrogen-bond donors (Lipinski definition) is 1. The smallest absolute Gasteiger partial charge is 0.129 e. The molecule has 0 saturated carbocycles. The van der Waals surface area contributed by atoms with Crippen LogP contribution in [0.3, 0.4) is 0 Å². The molecule has 2 heteroatoms. The Balaban J connectivity index is 4.44. The van der Waals surface area contributed by atoms with Gasteiger partial charge in [-0.2, -0.15) is 0 Å². The Morgan fingerprint density at radius 3 is 2.20 bits per heavy atom. The molecule has 0 saturated heterocycles. The Bertz CT molecular complexity index is 239. The summed E-state index contributed by atoms with van der Waals surface area (Å²) in [5.41, 5.74) is 3.09. The van der Waals surface area contributed by atoms with Gasteiger partial charge >= 0.3 is 0 Å². The lowest BCUT2D eigenvalue weighted by Crippen LogP contribution is -2.29. The average Bonchev–Trinajstić information content (AvgIpc) is 2.10. The van der Waals surface area contributed by atoms with Crippen LogP contribution >= 0.6 is 0 Å². The van der Waals surface area contributed by atoms with E-state index in [2.05, 4.69) is 38.0 Å². The molecule has 0 bridgehead atoms. The molecule has 0 aromatic rings. The van der Waals surface area contributed by atoms with Gasteiger partial charge in [-0.3, -0.25) is 0 Å². The maximum Gasteiger partial charge on any atom is 0.129 e. The van der Waals surface area contributed by atoms with Crippen molar-refractivity contribution in [2.45, 2.75) is 65.8 Å². The zero-order chi connectivity index (χ0) is 12.1. The second-order valence-corrected chi connectivity index (χ2v) is 10.6. The van der Waals surface area contributed by atoms with Crippen molar-refractivity contribution in [1.29, 1.82) is 0 Å². The molecule has 0 aliphatic carbocycles. The first-order valence-electron chi connectivity index (χ1n) is 5.91. The highest BCUT2D eigenvalue weighted by molar-refractivity contribution is 6.83. The Labute approximate surface area is 96.3 Å². The standard InChI is InChI=1S/C13H26OSi/c1-7-8-9-12(14)13(2,3)10-11-15(4,5)6/h12,14H,7-9H2,1-6H3. The van der Waals surface area contributed by atoms with Gasteiger partial charge in [-0.25, -0.2) is 0 Å². The minimum absolute atomic E-state index is 0.255. The highest BCUT2D eigenvalue weighted by atomic mass is 28.3. The van der Waals surface area contributed by atoms with Crippen molar-refractivity contribution in [3.8, 4) is 11.5 Å². The summed E-state index contributed by atoms with van der Waals surface area (Å²) in [7, 11) is -1.32. The molecule has 15 heavy (non-hydrogen) atoms. The lowest BCUT2D eigenvalue weighted by atomic mass is 9.85. The molecule has 0 spiro atoms. The quantitative estimate of drug-likeness (QED) is 0.575. The topological polar surface area (TPSA) is 20.2 Å². The fourth-order valence-electron chi connectivity index (χ4n) is 1.19.